The average Bonchev–Trinajstić information content (AvgIpc) is 1.63. The SMILES string of the molecule is CC(C)(C)OC(=O)CN.CC(C)(C)OC(=O)CNC(=O)c1cc(F)c2nc(N3C4CCC3CC(NCc3c(-c5c(Cl)cccc5Cl)noc3C3CC3)C4)sc2c1.O=C(O)c1cc(F)c2nc(N3C4CCC3CC(NCc3c(-c5c(Cl)cccc5Cl)noc3C3CC3)C4)sc2c1. The van der Waals surface area contributed by atoms with E-state index in [0.29, 0.717) is 83.0 Å². The van der Waals surface area contributed by atoms with E-state index in [4.69, 9.17) is 75.6 Å². The van der Waals surface area contributed by atoms with Crippen molar-refractivity contribution in [3.63, 3.8) is 0 Å². The Morgan fingerprint density at radius 3 is 1.37 bits per heavy atom. The van der Waals surface area contributed by atoms with Gasteiger partial charge in [-0.15, -0.1) is 0 Å². The van der Waals surface area contributed by atoms with E-state index in [0.717, 1.165) is 116 Å². The maximum absolute atomic E-state index is 15.2. The Morgan fingerprint density at radius 2 is 1.00 bits per heavy atom. The molecule has 0 spiro atoms. The van der Waals surface area contributed by atoms with E-state index in [1.807, 2.05) is 36.4 Å². The number of carbonyl (C=O) groups excluding carboxylic acids is 3. The number of hydrogen-bond acceptors (Lipinski definition) is 19. The molecule has 4 unspecified atom stereocenters. The molecule has 2 aliphatic carbocycles. The van der Waals surface area contributed by atoms with Gasteiger partial charge in [-0.2, -0.15) is 0 Å². The maximum atomic E-state index is 15.2. The highest BCUT2D eigenvalue weighted by molar-refractivity contribution is 7.22. The number of aromatic nitrogens is 4. The Kier molecular flexibility index (Phi) is 20.3. The predicted octanol–water partition coefficient (Wildman–Crippen LogP) is 15.2. The standard InChI is InChI=1S/C34H36Cl2FN5O4S.C28H25Cl2FN4O3S.C6H13NO2/c1-34(2,3)45-27(43)16-39-32(44)18-11-25(37)30-26(12-18)47-33(40-30)42-20-9-10-21(42)14-19(13-20)38-15-22-29(41-46-31(22)17-7-8-17)28-23(35)5-4-6-24(28)36;29-19-2-1-3-20(30)23(19)24-18(26(38-34-24)13-4-5-13)12-32-15-10-16-6-7-17(11-15)35(16)28-33-25-21(31)8-14(27(36)37)9-22(25)39-28;1-6(2,3)9-5(8)4-7/h4-6,11-12,17,19-21,38H,7-10,13-16H2,1-3H3,(H,39,44);1-3,8-9,13,15-17,32H,4-7,10-12H2,(H,36,37);4,7H2,1-3H3. The number of carboxylic acids is 1. The first kappa shape index (κ1) is 68.4. The summed E-state index contributed by atoms with van der Waals surface area (Å²) in [4.78, 5) is 60.6. The van der Waals surface area contributed by atoms with Gasteiger partial charge >= 0.3 is 17.9 Å². The summed E-state index contributed by atoms with van der Waals surface area (Å²) < 4.78 is 52.7. The van der Waals surface area contributed by atoms with Crippen LogP contribution >= 0.6 is 69.1 Å². The van der Waals surface area contributed by atoms with Crippen LogP contribution in [0.4, 0.5) is 19.0 Å². The van der Waals surface area contributed by atoms with Crippen LogP contribution in [-0.4, -0.2) is 110 Å². The third kappa shape index (κ3) is 15.6. The Balaban J connectivity index is 0.000000163. The van der Waals surface area contributed by atoms with Gasteiger partial charge in [-0.1, -0.05) is 91.5 Å². The van der Waals surface area contributed by atoms with Crippen LogP contribution in [0.2, 0.25) is 20.1 Å². The second-order valence-electron chi connectivity index (χ2n) is 27.1. The zero-order chi connectivity index (χ0) is 67.4. The lowest BCUT2D eigenvalue weighted by Gasteiger charge is -2.39. The minimum absolute atomic E-state index is 0.0444. The van der Waals surface area contributed by atoms with E-state index >= 15 is 4.39 Å². The lowest BCUT2D eigenvalue weighted by atomic mass is 9.97. The Bertz CT molecular complexity index is 4150. The third-order valence-corrected chi connectivity index (χ3v) is 21.1. The molecular weight excluding hydrogens is 1340 g/mol. The van der Waals surface area contributed by atoms with Gasteiger partial charge in [0.15, 0.2) is 21.9 Å². The normalized spacial score (nSPS) is 20.7. The summed E-state index contributed by atoms with van der Waals surface area (Å²) in [6, 6.07) is 17.9. The van der Waals surface area contributed by atoms with Gasteiger partial charge in [-0.05, 0) is 167 Å². The monoisotopic (exact) mass is 1420 g/mol. The first-order chi connectivity index (χ1) is 45.3. The molecule has 8 aromatic rings. The number of benzene rings is 4. The molecule has 4 aliphatic heterocycles. The van der Waals surface area contributed by atoms with Gasteiger partial charge in [0.05, 0.1) is 41.6 Å². The highest BCUT2D eigenvalue weighted by Crippen LogP contribution is 2.50. The van der Waals surface area contributed by atoms with Gasteiger partial charge in [0.1, 0.15) is 51.7 Å². The summed E-state index contributed by atoms with van der Waals surface area (Å²) in [6.45, 7) is 11.5. The predicted molar refractivity (Wildman–Crippen MR) is 365 cm³/mol. The molecular formula is C68H74Cl4F2N10O9S2. The van der Waals surface area contributed by atoms with Crippen LogP contribution in [0, 0.1) is 11.6 Å². The topological polar surface area (TPSA) is 253 Å². The molecule has 6 N–H and O–H groups in total. The summed E-state index contributed by atoms with van der Waals surface area (Å²) in [7, 11) is 0. The summed E-state index contributed by atoms with van der Waals surface area (Å²) in [5.41, 5.74) is 9.36. The fourth-order valence-electron chi connectivity index (χ4n) is 13.4. The number of amides is 1. The minimum Gasteiger partial charge on any atom is -0.478 e. The molecule has 6 aliphatic rings. The molecule has 504 valence electrons. The van der Waals surface area contributed by atoms with E-state index in [2.05, 4.69) is 41.0 Å². The first-order valence-corrected chi connectivity index (χ1v) is 35.2. The van der Waals surface area contributed by atoms with Crippen LogP contribution in [0.15, 0.2) is 69.7 Å². The summed E-state index contributed by atoms with van der Waals surface area (Å²) in [5, 5.41) is 31.9. The van der Waals surface area contributed by atoms with Crippen molar-refractivity contribution in [2.24, 2.45) is 5.73 Å². The quantitative estimate of drug-likeness (QED) is 0.0531. The molecule has 0 radical (unpaired) electrons. The van der Waals surface area contributed by atoms with Gasteiger partial charge in [0, 0.05) is 89.0 Å². The highest BCUT2D eigenvalue weighted by atomic mass is 35.5. The van der Waals surface area contributed by atoms with E-state index in [9.17, 15) is 28.7 Å². The van der Waals surface area contributed by atoms with Crippen LogP contribution in [0.3, 0.4) is 0 Å². The lowest BCUT2D eigenvalue weighted by molar-refractivity contribution is -0.154. The van der Waals surface area contributed by atoms with Crippen LogP contribution in [-0.2, 0) is 32.2 Å². The van der Waals surface area contributed by atoms with Crippen molar-refractivity contribution in [3.8, 4) is 22.5 Å². The van der Waals surface area contributed by atoms with Crippen LogP contribution in [0.1, 0.15) is 174 Å². The van der Waals surface area contributed by atoms with Crippen LogP contribution in [0.5, 0.6) is 0 Å². The largest absolute Gasteiger partial charge is 0.478 e. The number of halogens is 6. The van der Waals surface area contributed by atoms with E-state index in [1.54, 1.807) is 47.6 Å². The van der Waals surface area contributed by atoms with Crippen molar-refractivity contribution in [2.75, 3.05) is 22.9 Å². The van der Waals surface area contributed by atoms with Gasteiger partial charge in [0.2, 0.25) is 0 Å². The van der Waals surface area contributed by atoms with E-state index in [1.165, 1.54) is 34.8 Å². The lowest BCUT2D eigenvalue weighted by Crippen LogP contribution is -2.49. The van der Waals surface area contributed by atoms with Crippen molar-refractivity contribution in [1.29, 1.82) is 0 Å². The Labute approximate surface area is 576 Å². The first-order valence-electron chi connectivity index (χ1n) is 32.0. The van der Waals surface area contributed by atoms with Crippen molar-refractivity contribution in [1.82, 2.24) is 36.2 Å². The summed E-state index contributed by atoms with van der Waals surface area (Å²) in [6.07, 6.45) is 12.2. The van der Waals surface area contributed by atoms with Crippen LogP contribution in [0.25, 0.3) is 42.9 Å². The van der Waals surface area contributed by atoms with Crippen LogP contribution < -0.4 is 31.5 Å². The molecule has 19 nitrogen and oxygen atoms in total. The van der Waals surface area contributed by atoms with Crippen molar-refractivity contribution in [2.45, 2.75) is 191 Å². The molecule has 4 aromatic carbocycles. The second kappa shape index (κ2) is 28.1. The van der Waals surface area contributed by atoms with Crippen molar-refractivity contribution in [3.05, 3.63) is 126 Å². The average molecular weight is 1420 g/mol. The zero-order valence-corrected chi connectivity index (χ0v) is 57.9. The molecule has 2 saturated carbocycles. The summed E-state index contributed by atoms with van der Waals surface area (Å²) >= 11 is 28.9. The number of nitrogens with one attached hydrogen (secondary N) is 3. The van der Waals surface area contributed by atoms with Gasteiger partial charge in [-0.3, -0.25) is 14.4 Å². The Morgan fingerprint density at radius 1 is 0.611 bits per heavy atom. The number of esters is 2. The Hall–Kier alpha value is -6.54. The van der Waals surface area contributed by atoms with Gasteiger partial charge in [0.25, 0.3) is 5.91 Å². The molecule has 27 heteroatoms. The molecule has 4 saturated heterocycles. The molecule has 8 heterocycles. The number of fused-ring (bicyclic) bond motifs is 6. The minimum atomic E-state index is -1.14. The fraction of sp³-hybridized carbons (Fsp3) is 0.471. The smallest absolute Gasteiger partial charge is 0.335 e. The number of ether oxygens (including phenoxy) is 2. The van der Waals surface area contributed by atoms with Crippen molar-refractivity contribution >= 4 is 124 Å². The third-order valence-electron chi connectivity index (χ3n) is 17.8. The molecule has 1 amide bonds. The molecule has 14 rings (SSSR count). The number of anilines is 2. The number of carboxylic acid groups (broad SMARTS) is 1. The highest BCUT2D eigenvalue weighted by Gasteiger charge is 2.45. The van der Waals surface area contributed by atoms with E-state index < -0.39 is 40.7 Å². The molecule has 4 aromatic heterocycles. The number of nitrogens with zero attached hydrogens (tertiary/aromatic N) is 6. The molecule has 95 heavy (non-hydrogen) atoms. The molecule has 4 atom stereocenters. The van der Waals surface area contributed by atoms with Gasteiger partial charge < -0.3 is 55.1 Å². The molecule has 6 fully saturated rings. The number of nitrogens with two attached hydrogens (primary N) is 1. The second-order valence-corrected chi connectivity index (χ2v) is 30.8. The number of carbonyl (C=O) groups is 4. The van der Waals surface area contributed by atoms with Crippen molar-refractivity contribution < 1.29 is 51.6 Å². The van der Waals surface area contributed by atoms with E-state index in [-0.39, 0.29) is 71.4 Å². The van der Waals surface area contributed by atoms with Gasteiger partial charge in [-0.25, -0.2) is 23.5 Å². The number of hydrogen-bond donors (Lipinski definition) is 5. The number of thiazole rings is 2. The number of piperidine rings is 2. The fourth-order valence-corrected chi connectivity index (χ4v) is 16.9. The maximum Gasteiger partial charge on any atom is 0.335 e. The number of rotatable bonds is 17. The molecule has 4 bridgehead atoms. The number of aromatic carboxylic acids is 1. The zero-order valence-electron chi connectivity index (χ0n) is 53.3. The summed E-state index contributed by atoms with van der Waals surface area (Å²) in [5.74, 6) is -1.15.